The highest BCUT2D eigenvalue weighted by Crippen LogP contribution is 2.40. The Balaban J connectivity index is 1.58. The number of nitrogens with zero attached hydrogens (tertiary/aromatic N) is 6. The highest BCUT2D eigenvalue weighted by molar-refractivity contribution is 5.61. The quantitative estimate of drug-likeness (QED) is 0.520. The Morgan fingerprint density at radius 2 is 1.97 bits per heavy atom. The number of benzene rings is 1. The summed E-state index contributed by atoms with van der Waals surface area (Å²) in [5.74, 6) is -0.136. The zero-order valence-electron chi connectivity index (χ0n) is 16.2. The van der Waals surface area contributed by atoms with Crippen LogP contribution in [0.5, 0.6) is 5.75 Å². The third-order valence-corrected chi connectivity index (χ3v) is 5.39. The molecule has 0 saturated carbocycles. The predicted molar refractivity (Wildman–Crippen MR) is 108 cm³/mol. The van der Waals surface area contributed by atoms with Gasteiger partial charge in [-0.1, -0.05) is 0 Å². The molecular formula is C21H18F2N6O2. The van der Waals surface area contributed by atoms with Gasteiger partial charge in [0.25, 0.3) is 0 Å². The lowest BCUT2D eigenvalue weighted by molar-refractivity contribution is 0.276. The van der Waals surface area contributed by atoms with E-state index in [1.807, 2.05) is 0 Å². The van der Waals surface area contributed by atoms with Gasteiger partial charge in [0.2, 0.25) is 0 Å². The molecule has 5 rings (SSSR count). The van der Waals surface area contributed by atoms with Crippen molar-refractivity contribution in [3.63, 3.8) is 0 Å². The second-order valence-corrected chi connectivity index (χ2v) is 7.36. The van der Waals surface area contributed by atoms with Crippen molar-refractivity contribution in [2.45, 2.75) is 25.2 Å². The maximum absolute atomic E-state index is 14.4. The summed E-state index contributed by atoms with van der Waals surface area (Å²) >= 11 is 0. The smallest absolute Gasteiger partial charge is 0.154 e. The summed E-state index contributed by atoms with van der Waals surface area (Å²) in [6.45, 7) is -0.166. The van der Waals surface area contributed by atoms with Crippen LogP contribution >= 0.6 is 0 Å². The van der Waals surface area contributed by atoms with Crippen LogP contribution < -0.4 is 4.90 Å². The first-order chi connectivity index (χ1) is 15.0. The Labute approximate surface area is 175 Å². The SMILES string of the molecule is OCc1cc(-c2cnc3ccc(N4C[C@@H](F)C[C@@H]4c4cc(F)ccc4O)nn23)ncn1. The molecule has 1 aliphatic rings. The largest absolute Gasteiger partial charge is 0.508 e. The number of anilines is 1. The molecule has 1 aliphatic heterocycles. The van der Waals surface area contributed by atoms with Crippen molar-refractivity contribution in [2.24, 2.45) is 0 Å². The molecule has 158 valence electrons. The molecule has 0 aliphatic carbocycles. The molecule has 1 saturated heterocycles. The number of phenols is 1. The van der Waals surface area contributed by atoms with Gasteiger partial charge in [-0.15, -0.1) is 5.10 Å². The predicted octanol–water partition coefficient (Wildman–Crippen LogP) is 2.81. The zero-order valence-corrected chi connectivity index (χ0v) is 16.2. The molecular weight excluding hydrogens is 406 g/mol. The summed E-state index contributed by atoms with van der Waals surface area (Å²) in [4.78, 5) is 14.3. The first kappa shape index (κ1) is 19.3. The molecule has 4 heterocycles. The minimum absolute atomic E-state index is 0.0608. The molecule has 10 heteroatoms. The van der Waals surface area contributed by atoms with Crippen molar-refractivity contribution in [3.8, 4) is 17.1 Å². The molecule has 0 amide bonds. The highest BCUT2D eigenvalue weighted by Gasteiger charge is 2.36. The Bertz CT molecular complexity index is 1260. The number of aliphatic hydroxyl groups is 1. The Morgan fingerprint density at radius 3 is 2.81 bits per heavy atom. The molecule has 31 heavy (non-hydrogen) atoms. The van der Waals surface area contributed by atoms with E-state index in [1.165, 1.54) is 18.5 Å². The van der Waals surface area contributed by atoms with E-state index in [-0.39, 0.29) is 25.3 Å². The molecule has 1 fully saturated rings. The molecule has 0 unspecified atom stereocenters. The highest BCUT2D eigenvalue weighted by atomic mass is 19.1. The minimum atomic E-state index is -1.15. The number of aliphatic hydroxyl groups excluding tert-OH is 1. The van der Waals surface area contributed by atoms with Crippen LogP contribution in [0.1, 0.15) is 23.7 Å². The van der Waals surface area contributed by atoms with Gasteiger partial charge in [-0.3, -0.25) is 0 Å². The van der Waals surface area contributed by atoms with Gasteiger partial charge < -0.3 is 15.1 Å². The van der Waals surface area contributed by atoms with Gasteiger partial charge >= 0.3 is 0 Å². The number of hydrogen-bond acceptors (Lipinski definition) is 7. The lowest BCUT2D eigenvalue weighted by Gasteiger charge is -2.26. The van der Waals surface area contributed by atoms with Gasteiger partial charge in [-0.05, 0) is 36.4 Å². The van der Waals surface area contributed by atoms with Gasteiger partial charge in [0, 0.05) is 12.0 Å². The van der Waals surface area contributed by atoms with Crippen LogP contribution in [0.15, 0.2) is 48.9 Å². The van der Waals surface area contributed by atoms with Crippen LogP contribution in [0.4, 0.5) is 14.6 Å². The number of halogens is 2. The Morgan fingerprint density at radius 1 is 1.10 bits per heavy atom. The second-order valence-electron chi connectivity index (χ2n) is 7.36. The topological polar surface area (TPSA) is 99.7 Å². The van der Waals surface area contributed by atoms with Crippen LogP contribution in [0.3, 0.4) is 0 Å². The van der Waals surface area contributed by atoms with E-state index in [9.17, 15) is 19.0 Å². The number of alkyl halides is 1. The standard InChI is InChI=1S/C21H18F2N6O2/c22-12-1-2-19(31)15(5-12)17-6-13(23)9-28(17)21-4-3-20-24-8-18(29(20)27-21)16-7-14(10-30)25-11-26-16/h1-5,7-8,11,13,17,30-31H,6,9-10H2/t13-,17+/m0/s1. The van der Waals surface area contributed by atoms with Gasteiger partial charge in [-0.2, -0.15) is 0 Å². The average Bonchev–Trinajstić information content (AvgIpc) is 3.38. The van der Waals surface area contributed by atoms with Gasteiger partial charge in [0.15, 0.2) is 5.65 Å². The second kappa shape index (κ2) is 7.55. The summed E-state index contributed by atoms with van der Waals surface area (Å²) in [6.07, 6.45) is 1.91. The summed E-state index contributed by atoms with van der Waals surface area (Å²) < 4.78 is 29.8. The summed E-state index contributed by atoms with van der Waals surface area (Å²) in [7, 11) is 0. The molecule has 8 nitrogen and oxygen atoms in total. The third-order valence-electron chi connectivity index (χ3n) is 5.39. The number of hydrogen-bond donors (Lipinski definition) is 2. The first-order valence-electron chi connectivity index (χ1n) is 9.69. The average molecular weight is 424 g/mol. The molecule has 0 radical (unpaired) electrons. The molecule has 4 aromatic rings. The minimum Gasteiger partial charge on any atom is -0.508 e. The van der Waals surface area contributed by atoms with Gasteiger partial charge in [0.05, 0.1) is 36.8 Å². The van der Waals surface area contributed by atoms with Crippen LogP contribution in [0.25, 0.3) is 17.0 Å². The van der Waals surface area contributed by atoms with Crippen molar-refractivity contribution < 1.29 is 19.0 Å². The Kier molecular flexibility index (Phi) is 4.70. The van der Waals surface area contributed by atoms with E-state index < -0.39 is 18.0 Å². The van der Waals surface area contributed by atoms with Crippen molar-refractivity contribution in [2.75, 3.05) is 11.4 Å². The van der Waals surface area contributed by atoms with Crippen LogP contribution in [-0.2, 0) is 6.61 Å². The van der Waals surface area contributed by atoms with Crippen molar-refractivity contribution >= 4 is 11.5 Å². The van der Waals surface area contributed by atoms with E-state index in [4.69, 9.17) is 0 Å². The van der Waals surface area contributed by atoms with Gasteiger partial charge in [0.1, 0.15) is 35.6 Å². The summed E-state index contributed by atoms with van der Waals surface area (Å²) in [6, 6.07) is 8.19. The lowest BCUT2D eigenvalue weighted by Crippen LogP contribution is -2.25. The fourth-order valence-corrected chi connectivity index (χ4v) is 3.94. The van der Waals surface area contributed by atoms with E-state index in [1.54, 1.807) is 33.8 Å². The van der Waals surface area contributed by atoms with Crippen LogP contribution in [0, 0.1) is 5.82 Å². The van der Waals surface area contributed by atoms with E-state index in [2.05, 4.69) is 20.1 Å². The number of rotatable bonds is 4. The number of aromatic hydroxyl groups is 1. The molecule has 2 atom stereocenters. The fourth-order valence-electron chi connectivity index (χ4n) is 3.94. The maximum Gasteiger partial charge on any atom is 0.154 e. The number of phenolic OH excluding ortho intramolecular Hbond substituents is 1. The van der Waals surface area contributed by atoms with Crippen LogP contribution in [0.2, 0.25) is 0 Å². The van der Waals surface area contributed by atoms with Crippen molar-refractivity contribution in [1.82, 2.24) is 24.6 Å². The normalized spacial score (nSPS) is 18.7. The molecule has 1 aromatic carbocycles. The number of aromatic nitrogens is 5. The number of fused-ring (bicyclic) bond motifs is 1. The Hall–Kier alpha value is -3.66. The van der Waals surface area contributed by atoms with Gasteiger partial charge in [-0.25, -0.2) is 28.2 Å². The van der Waals surface area contributed by atoms with E-state index in [0.717, 1.165) is 6.07 Å². The molecule has 0 bridgehead atoms. The van der Waals surface area contributed by atoms with E-state index in [0.29, 0.717) is 34.1 Å². The molecule has 2 N–H and O–H groups in total. The third kappa shape index (κ3) is 3.44. The fraction of sp³-hybridized carbons (Fsp3) is 0.238. The zero-order chi connectivity index (χ0) is 21.5. The molecule has 0 spiro atoms. The van der Waals surface area contributed by atoms with Crippen LogP contribution in [-0.4, -0.2) is 47.5 Å². The summed E-state index contributed by atoms with van der Waals surface area (Å²) in [5, 5.41) is 24.2. The van der Waals surface area contributed by atoms with Crippen molar-refractivity contribution in [3.05, 3.63) is 66.0 Å². The maximum atomic E-state index is 14.4. The number of imidazole rings is 1. The monoisotopic (exact) mass is 424 g/mol. The van der Waals surface area contributed by atoms with Crippen molar-refractivity contribution in [1.29, 1.82) is 0 Å². The lowest BCUT2D eigenvalue weighted by atomic mass is 10.0. The van der Waals surface area contributed by atoms with E-state index >= 15 is 0 Å². The first-order valence-corrected chi connectivity index (χ1v) is 9.69. The summed E-state index contributed by atoms with van der Waals surface area (Å²) in [5.41, 5.74) is 2.44. The molecule has 3 aromatic heterocycles.